The number of amides is 6. The van der Waals surface area contributed by atoms with E-state index in [1.807, 2.05) is 0 Å². The minimum Gasteiger partial charge on any atom is -0.458 e. The molecule has 0 saturated carbocycles. The number of hydrogen-bond acceptors (Lipinski definition) is 14. The largest absolute Gasteiger partial charge is 0.458 e. The number of carbonyl (C=O) groups is 7. The molecule has 8 rings (SSSR count). The van der Waals surface area contributed by atoms with Gasteiger partial charge in [-0.15, -0.1) is 0 Å². The molecule has 0 radical (unpaired) electrons. The number of ether oxygens (including phenoxy) is 4. The van der Waals surface area contributed by atoms with Gasteiger partial charge in [0.1, 0.15) is 31.1 Å². The summed E-state index contributed by atoms with van der Waals surface area (Å²) in [6.45, 7) is 6.60. The molecule has 4 aliphatic rings. The van der Waals surface area contributed by atoms with Crippen LogP contribution in [0.2, 0.25) is 0 Å². The maximum Gasteiger partial charge on any atom is 0.407 e. The quantitative estimate of drug-likeness (QED) is 0.0481. The number of fused-ring (bicyclic) bond motifs is 5. The molecular weight excluding hydrogens is 914 g/mol. The summed E-state index contributed by atoms with van der Waals surface area (Å²) in [5.74, 6) is -3.63. The third kappa shape index (κ3) is 9.76. The van der Waals surface area contributed by atoms with Gasteiger partial charge in [-0.3, -0.25) is 33.7 Å². The predicted octanol–water partition coefficient (Wildman–Crippen LogP) is 2.74. The van der Waals surface area contributed by atoms with Gasteiger partial charge in [-0.25, -0.2) is 19.0 Å². The Labute approximate surface area is 399 Å². The van der Waals surface area contributed by atoms with Gasteiger partial charge in [-0.05, 0) is 80.5 Å². The van der Waals surface area contributed by atoms with E-state index >= 15 is 4.39 Å². The molecule has 0 spiro atoms. The second kappa shape index (κ2) is 20.3. The van der Waals surface area contributed by atoms with E-state index in [0.29, 0.717) is 63.1 Å². The highest BCUT2D eigenvalue weighted by Crippen LogP contribution is 2.46. The Morgan fingerprint density at radius 3 is 2.34 bits per heavy atom. The van der Waals surface area contributed by atoms with E-state index in [4.69, 9.17) is 23.9 Å². The Morgan fingerprint density at radius 1 is 0.929 bits per heavy atom. The maximum atomic E-state index is 15.3. The summed E-state index contributed by atoms with van der Waals surface area (Å²) >= 11 is 0. The van der Waals surface area contributed by atoms with E-state index in [-0.39, 0.29) is 76.7 Å². The van der Waals surface area contributed by atoms with Gasteiger partial charge in [-0.1, -0.05) is 19.1 Å². The van der Waals surface area contributed by atoms with Gasteiger partial charge in [0.15, 0.2) is 5.60 Å². The molecule has 2 aromatic heterocycles. The lowest BCUT2D eigenvalue weighted by Crippen LogP contribution is -2.50. The Bertz CT molecular complexity index is 2900. The third-order valence-corrected chi connectivity index (χ3v) is 13.0. The van der Waals surface area contributed by atoms with Crippen LogP contribution in [-0.2, 0) is 79.5 Å². The summed E-state index contributed by atoms with van der Waals surface area (Å²) in [4.78, 5) is 107. The number of rotatable bonds is 18. The number of esters is 1. The number of aromatic nitrogens is 2. The number of pyridine rings is 2. The molecule has 0 saturated heterocycles. The van der Waals surface area contributed by atoms with Crippen molar-refractivity contribution in [1.29, 1.82) is 0 Å². The molecule has 2 aromatic carbocycles. The number of imide groups is 1. The smallest absolute Gasteiger partial charge is 0.407 e. The first-order chi connectivity index (χ1) is 33.5. The fourth-order valence-corrected chi connectivity index (χ4v) is 9.04. The molecule has 21 heteroatoms. The molecular formula is C49H52FN7O13. The minimum atomic E-state index is -2.03. The molecule has 5 heterocycles. The van der Waals surface area contributed by atoms with E-state index in [0.717, 1.165) is 10.5 Å². The molecule has 368 valence electrons. The monoisotopic (exact) mass is 965 g/mol. The van der Waals surface area contributed by atoms with Crippen molar-refractivity contribution in [1.82, 2.24) is 30.4 Å². The van der Waals surface area contributed by atoms with Crippen molar-refractivity contribution < 1.29 is 62.0 Å². The van der Waals surface area contributed by atoms with Crippen LogP contribution in [0.1, 0.15) is 85.0 Å². The molecule has 3 aliphatic heterocycles. The molecule has 1 unspecified atom stereocenters. The molecule has 5 N–H and O–H groups in total. The van der Waals surface area contributed by atoms with Crippen LogP contribution in [-0.4, -0.2) is 106 Å². The molecule has 0 fully saturated rings. The number of aryl methyl sites for hydroxylation is 1. The van der Waals surface area contributed by atoms with E-state index < -0.39 is 76.7 Å². The van der Waals surface area contributed by atoms with Crippen LogP contribution >= 0.6 is 0 Å². The number of benzene rings is 2. The van der Waals surface area contributed by atoms with Crippen LogP contribution in [0, 0.1) is 12.7 Å². The lowest BCUT2D eigenvalue weighted by Gasteiger charge is -2.31. The van der Waals surface area contributed by atoms with E-state index in [9.17, 15) is 43.5 Å². The molecule has 6 amide bonds. The van der Waals surface area contributed by atoms with Gasteiger partial charge < -0.3 is 49.9 Å². The van der Waals surface area contributed by atoms with Gasteiger partial charge in [0.25, 0.3) is 17.4 Å². The topological polar surface area (TPSA) is 263 Å². The van der Waals surface area contributed by atoms with Gasteiger partial charge in [-0.2, -0.15) is 0 Å². The minimum absolute atomic E-state index is 0.0314. The highest BCUT2D eigenvalue weighted by molar-refractivity contribution is 6.12. The van der Waals surface area contributed by atoms with Crippen molar-refractivity contribution in [2.24, 2.45) is 0 Å². The first kappa shape index (κ1) is 49.1. The molecule has 1 aliphatic carbocycles. The number of carbonyl (C=O) groups excluding carboxylic acids is 7. The number of nitrogens with zero attached hydrogens (tertiary/aromatic N) is 3. The Balaban J connectivity index is 0.815. The summed E-state index contributed by atoms with van der Waals surface area (Å²) in [6, 6.07) is 6.89. The van der Waals surface area contributed by atoms with Gasteiger partial charge in [0.05, 0.1) is 68.0 Å². The Hall–Kier alpha value is -7.36. The molecule has 70 heavy (non-hydrogen) atoms. The van der Waals surface area contributed by atoms with Crippen molar-refractivity contribution in [3.05, 3.63) is 104 Å². The predicted molar refractivity (Wildman–Crippen MR) is 246 cm³/mol. The summed E-state index contributed by atoms with van der Waals surface area (Å²) in [5.41, 5.74) is 2.43. The second-order valence-corrected chi connectivity index (χ2v) is 17.5. The molecule has 0 bridgehead atoms. The number of nitrogens with one attached hydrogen (secondary N) is 4. The zero-order valence-electron chi connectivity index (χ0n) is 38.9. The fourth-order valence-electron chi connectivity index (χ4n) is 9.04. The number of hydrogen-bond donors (Lipinski definition) is 5. The van der Waals surface area contributed by atoms with Crippen LogP contribution in [0.15, 0.2) is 53.3 Å². The summed E-state index contributed by atoms with van der Waals surface area (Å²) in [6.07, 6.45) is 2.41. The second-order valence-electron chi connectivity index (χ2n) is 17.5. The Kier molecular flexibility index (Phi) is 14.2. The van der Waals surface area contributed by atoms with Gasteiger partial charge in [0, 0.05) is 46.8 Å². The average Bonchev–Trinajstić information content (AvgIpc) is 3.87. The van der Waals surface area contributed by atoms with Crippen molar-refractivity contribution in [2.75, 3.05) is 38.3 Å². The lowest BCUT2D eigenvalue weighted by molar-refractivity contribution is -0.172. The van der Waals surface area contributed by atoms with E-state index in [1.165, 1.54) is 36.6 Å². The first-order valence-corrected chi connectivity index (χ1v) is 22.9. The highest BCUT2D eigenvalue weighted by Gasteiger charge is 2.46. The molecule has 4 atom stereocenters. The van der Waals surface area contributed by atoms with Gasteiger partial charge >= 0.3 is 12.1 Å². The van der Waals surface area contributed by atoms with E-state index in [1.54, 1.807) is 44.2 Å². The number of aliphatic hydroxyl groups is 1. The zero-order valence-corrected chi connectivity index (χ0v) is 38.9. The van der Waals surface area contributed by atoms with Crippen LogP contribution < -0.4 is 26.8 Å². The number of cyclic esters (lactones) is 1. The number of anilines is 1. The first-order valence-electron chi connectivity index (χ1n) is 22.9. The number of alkyl carbamates (subject to hydrolysis) is 1. The zero-order chi connectivity index (χ0) is 50.0. The number of halogens is 1. The third-order valence-electron chi connectivity index (χ3n) is 13.0. The van der Waals surface area contributed by atoms with Crippen molar-refractivity contribution in [3.63, 3.8) is 0 Å². The average molecular weight is 966 g/mol. The molecule has 20 nitrogen and oxygen atoms in total. The summed E-state index contributed by atoms with van der Waals surface area (Å²) < 4.78 is 38.4. The normalized spacial score (nSPS) is 18.4. The van der Waals surface area contributed by atoms with Crippen LogP contribution in [0.4, 0.5) is 14.9 Å². The SMILES string of the molecule is CC[C@@]1(O)C(=O)OCc2c1cc1n(c2=O)Cc2c-1nc1cc(F)c(C)c3c1c2C(NC(=O)OCc1ccc(NC(=O)[C@H](C)NC(=O)[C@H](C)NC(=O)CCOCCOCCN2C(=O)C=CC2=O)cc1)CC3. The Morgan fingerprint density at radius 2 is 1.63 bits per heavy atom. The van der Waals surface area contributed by atoms with Gasteiger partial charge in [0.2, 0.25) is 17.7 Å². The maximum absolute atomic E-state index is 15.3. The van der Waals surface area contributed by atoms with Crippen LogP contribution in [0.3, 0.4) is 0 Å². The summed E-state index contributed by atoms with van der Waals surface area (Å²) in [5, 5.41) is 22.8. The van der Waals surface area contributed by atoms with Crippen molar-refractivity contribution >= 4 is 58.2 Å². The standard InChI is InChI=1S/C49H52FN7O13/c1-5-49(66)33-20-37-43-31(22-57(37)46(63)32(33)24-69-47(49)64)42-35(11-10-30-25(2)34(50)21-36(54-43)41(30)42)55-48(65)70-23-28-6-8-29(9-7-28)53-45(62)27(4)52-44(61)26(3)51-38(58)14-16-67-18-19-68-17-15-56-39(59)12-13-40(56)60/h6-9,12-13,20-21,26-27,35,66H,5,10-11,14-19,22-24H2,1-4H3,(H,51,58)(H,52,61)(H,53,62)(H,55,65)/t26-,27-,35?,49-/m0/s1. The fraction of sp³-hybridized carbons (Fsp3) is 0.408. The summed E-state index contributed by atoms with van der Waals surface area (Å²) in [7, 11) is 0. The lowest BCUT2D eigenvalue weighted by atomic mass is 9.81. The molecule has 4 aromatic rings. The van der Waals surface area contributed by atoms with Crippen molar-refractivity contribution in [3.8, 4) is 11.4 Å². The van der Waals surface area contributed by atoms with Crippen LogP contribution in [0.25, 0.3) is 22.3 Å². The van der Waals surface area contributed by atoms with Crippen molar-refractivity contribution in [2.45, 2.75) is 96.9 Å². The highest BCUT2D eigenvalue weighted by atomic mass is 19.1. The van der Waals surface area contributed by atoms with Crippen LogP contribution in [0.5, 0.6) is 0 Å². The van der Waals surface area contributed by atoms with E-state index in [2.05, 4.69) is 21.3 Å².